The highest BCUT2D eigenvalue weighted by atomic mass is 32.1. The zero-order chi connectivity index (χ0) is 15.5. The second-order valence-corrected chi connectivity index (χ2v) is 7.05. The molecule has 0 saturated heterocycles. The lowest BCUT2D eigenvalue weighted by molar-refractivity contribution is 0.340. The third-order valence-corrected chi connectivity index (χ3v) is 5.48. The predicted octanol–water partition coefficient (Wildman–Crippen LogP) is 3.58. The molecule has 0 spiro atoms. The minimum absolute atomic E-state index is 0.606. The highest BCUT2D eigenvalue weighted by molar-refractivity contribution is 7.80. The Kier molecular flexibility index (Phi) is 4.87. The van der Waals surface area contributed by atoms with Crippen LogP contribution in [0.1, 0.15) is 38.2 Å². The molecule has 0 aromatic heterocycles. The molecule has 2 saturated carbocycles. The summed E-state index contributed by atoms with van der Waals surface area (Å²) in [4.78, 5) is 2.14. The van der Waals surface area contributed by atoms with Gasteiger partial charge in [-0.1, -0.05) is 18.6 Å². The van der Waals surface area contributed by atoms with Crippen molar-refractivity contribution in [2.24, 2.45) is 11.8 Å². The van der Waals surface area contributed by atoms with Crippen LogP contribution in [0, 0.1) is 11.8 Å². The number of rotatable bonds is 5. The van der Waals surface area contributed by atoms with Gasteiger partial charge in [-0.25, -0.2) is 0 Å². The zero-order valence-corrected chi connectivity index (χ0v) is 14.4. The van der Waals surface area contributed by atoms with E-state index in [4.69, 9.17) is 17.0 Å². The lowest BCUT2D eigenvalue weighted by atomic mass is 9.95. The molecule has 120 valence electrons. The van der Waals surface area contributed by atoms with Gasteiger partial charge >= 0.3 is 0 Å². The molecule has 0 aliphatic heterocycles. The molecule has 3 nitrogen and oxygen atoms in total. The number of thiocarbonyl (C=S) groups is 1. The molecule has 0 amide bonds. The standard InChI is InChI=1S/C18H26N2OS/c1-3-21-16-8-5-13(6-9-16)12-20(2)18(22)19-17-11-14-4-7-15(17)10-14/h5-6,8-9,14-15,17H,3-4,7,10-12H2,1-2H3,(H,19,22). The normalized spacial score (nSPS) is 26.0. The molecule has 3 atom stereocenters. The quantitative estimate of drug-likeness (QED) is 0.839. The molecule has 3 rings (SSSR count). The molecule has 1 aromatic rings. The zero-order valence-electron chi connectivity index (χ0n) is 13.5. The van der Waals surface area contributed by atoms with Gasteiger partial charge in [-0.05, 0) is 67.9 Å². The maximum atomic E-state index is 5.59. The summed E-state index contributed by atoms with van der Waals surface area (Å²) in [6, 6.07) is 8.88. The lowest BCUT2D eigenvalue weighted by Gasteiger charge is -2.28. The number of benzene rings is 1. The topological polar surface area (TPSA) is 24.5 Å². The first-order valence-corrected chi connectivity index (χ1v) is 8.80. The van der Waals surface area contributed by atoms with Crippen LogP contribution in [-0.2, 0) is 6.54 Å². The first-order chi connectivity index (χ1) is 10.7. The summed E-state index contributed by atoms with van der Waals surface area (Å²) in [6.07, 6.45) is 5.52. The van der Waals surface area contributed by atoms with E-state index in [1.165, 1.54) is 31.2 Å². The largest absolute Gasteiger partial charge is 0.494 e. The smallest absolute Gasteiger partial charge is 0.169 e. The number of nitrogens with zero attached hydrogens (tertiary/aromatic N) is 1. The fourth-order valence-corrected chi connectivity index (χ4v) is 4.11. The number of hydrogen-bond acceptors (Lipinski definition) is 2. The minimum atomic E-state index is 0.606. The molecular weight excluding hydrogens is 292 g/mol. The van der Waals surface area contributed by atoms with Gasteiger partial charge in [0.1, 0.15) is 5.75 Å². The van der Waals surface area contributed by atoms with Crippen molar-refractivity contribution in [3.8, 4) is 5.75 Å². The van der Waals surface area contributed by atoms with E-state index in [2.05, 4.69) is 29.4 Å². The molecule has 3 unspecified atom stereocenters. The van der Waals surface area contributed by atoms with E-state index in [0.29, 0.717) is 12.6 Å². The van der Waals surface area contributed by atoms with Crippen LogP contribution in [-0.4, -0.2) is 29.7 Å². The predicted molar refractivity (Wildman–Crippen MR) is 94.0 cm³/mol. The summed E-state index contributed by atoms with van der Waals surface area (Å²) in [5.41, 5.74) is 1.25. The van der Waals surface area contributed by atoms with E-state index in [-0.39, 0.29) is 0 Å². The molecule has 4 heteroatoms. The minimum Gasteiger partial charge on any atom is -0.494 e. The van der Waals surface area contributed by atoms with Crippen molar-refractivity contribution in [2.75, 3.05) is 13.7 Å². The SMILES string of the molecule is CCOc1ccc(CN(C)C(=S)NC2CC3CCC2C3)cc1. The highest BCUT2D eigenvalue weighted by Crippen LogP contribution is 2.44. The van der Waals surface area contributed by atoms with Crippen molar-refractivity contribution in [3.05, 3.63) is 29.8 Å². The second-order valence-electron chi connectivity index (χ2n) is 6.66. The first kappa shape index (κ1) is 15.6. The summed E-state index contributed by atoms with van der Waals surface area (Å²) in [5.74, 6) is 2.72. The molecule has 1 N–H and O–H groups in total. The van der Waals surface area contributed by atoms with Crippen molar-refractivity contribution in [2.45, 2.75) is 45.2 Å². The third kappa shape index (κ3) is 3.54. The molecular formula is C18H26N2OS. The monoisotopic (exact) mass is 318 g/mol. The number of nitrogens with one attached hydrogen (secondary N) is 1. The van der Waals surface area contributed by atoms with E-state index >= 15 is 0 Å². The molecule has 2 aliphatic rings. The van der Waals surface area contributed by atoms with Crippen molar-refractivity contribution >= 4 is 17.3 Å². The molecule has 2 fully saturated rings. The van der Waals surface area contributed by atoms with Gasteiger partial charge in [-0.15, -0.1) is 0 Å². The van der Waals surface area contributed by atoms with Gasteiger partial charge in [-0.3, -0.25) is 0 Å². The van der Waals surface area contributed by atoms with Crippen LogP contribution in [0.15, 0.2) is 24.3 Å². The van der Waals surface area contributed by atoms with Crippen LogP contribution in [0.4, 0.5) is 0 Å². The van der Waals surface area contributed by atoms with Crippen molar-refractivity contribution in [1.82, 2.24) is 10.2 Å². The van der Waals surface area contributed by atoms with Gasteiger partial charge in [-0.2, -0.15) is 0 Å². The Morgan fingerprint density at radius 2 is 2.05 bits per heavy atom. The molecule has 2 aliphatic carbocycles. The van der Waals surface area contributed by atoms with Crippen LogP contribution in [0.3, 0.4) is 0 Å². The molecule has 0 heterocycles. The number of ether oxygens (including phenoxy) is 1. The molecule has 2 bridgehead atoms. The third-order valence-electron chi connectivity index (χ3n) is 5.05. The molecule has 1 aromatic carbocycles. The Balaban J connectivity index is 1.50. The Bertz CT molecular complexity index is 516. The Morgan fingerprint density at radius 1 is 1.27 bits per heavy atom. The maximum absolute atomic E-state index is 5.59. The Morgan fingerprint density at radius 3 is 2.64 bits per heavy atom. The van der Waals surface area contributed by atoms with Crippen LogP contribution in [0.25, 0.3) is 0 Å². The molecule has 22 heavy (non-hydrogen) atoms. The van der Waals surface area contributed by atoms with Crippen molar-refractivity contribution in [3.63, 3.8) is 0 Å². The summed E-state index contributed by atoms with van der Waals surface area (Å²) in [6.45, 7) is 3.54. The Hall–Kier alpha value is -1.29. The summed E-state index contributed by atoms with van der Waals surface area (Å²) in [7, 11) is 2.07. The van der Waals surface area contributed by atoms with E-state index < -0.39 is 0 Å². The van der Waals surface area contributed by atoms with Gasteiger partial charge in [0.05, 0.1) is 6.61 Å². The number of hydrogen-bond donors (Lipinski definition) is 1. The number of fused-ring (bicyclic) bond motifs is 2. The van der Waals surface area contributed by atoms with Gasteiger partial charge in [0.25, 0.3) is 0 Å². The Labute approximate surface area is 139 Å². The van der Waals surface area contributed by atoms with E-state index in [1.54, 1.807) is 0 Å². The fraction of sp³-hybridized carbons (Fsp3) is 0.611. The van der Waals surface area contributed by atoms with E-state index in [1.807, 2.05) is 19.1 Å². The van der Waals surface area contributed by atoms with Crippen molar-refractivity contribution in [1.29, 1.82) is 0 Å². The molecule has 0 radical (unpaired) electrons. The lowest BCUT2D eigenvalue weighted by Crippen LogP contribution is -2.44. The summed E-state index contributed by atoms with van der Waals surface area (Å²) in [5, 5.41) is 4.48. The van der Waals surface area contributed by atoms with Gasteiger partial charge < -0.3 is 15.0 Å². The van der Waals surface area contributed by atoms with Gasteiger partial charge in [0, 0.05) is 19.6 Å². The fourth-order valence-electron chi connectivity index (χ4n) is 3.89. The average molecular weight is 318 g/mol. The summed E-state index contributed by atoms with van der Waals surface area (Å²) < 4.78 is 5.48. The highest BCUT2D eigenvalue weighted by Gasteiger charge is 2.39. The first-order valence-electron chi connectivity index (χ1n) is 8.39. The summed E-state index contributed by atoms with van der Waals surface area (Å²) >= 11 is 5.59. The van der Waals surface area contributed by atoms with E-state index in [0.717, 1.165) is 29.2 Å². The second kappa shape index (κ2) is 6.86. The van der Waals surface area contributed by atoms with Gasteiger partial charge in [0.2, 0.25) is 0 Å². The van der Waals surface area contributed by atoms with Crippen LogP contribution >= 0.6 is 12.2 Å². The van der Waals surface area contributed by atoms with E-state index in [9.17, 15) is 0 Å². The van der Waals surface area contributed by atoms with Gasteiger partial charge in [0.15, 0.2) is 5.11 Å². The maximum Gasteiger partial charge on any atom is 0.169 e. The van der Waals surface area contributed by atoms with Crippen molar-refractivity contribution < 1.29 is 4.74 Å². The van der Waals surface area contributed by atoms with Crippen LogP contribution < -0.4 is 10.1 Å². The van der Waals surface area contributed by atoms with Crippen LogP contribution in [0.2, 0.25) is 0 Å². The average Bonchev–Trinajstić information content (AvgIpc) is 3.12. The van der Waals surface area contributed by atoms with Crippen LogP contribution in [0.5, 0.6) is 5.75 Å².